The van der Waals surface area contributed by atoms with E-state index in [1.807, 2.05) is 19.1 Å². The van der Waals surface area contributed by atoms with Gasteiger partial charge in [-0.3, -0.25) is 13.9 Å². The predicted molar refractivity (Wildman–Crippen MR) is 98.1 cm³/mol. The third-order valence-corrected chi connectivity index (χ3v) is 5.88. The van der Waals surface area contributed by atoms with Gasteiger partial charge in [0.1, 0.15) is 16.0 Å². The summed E-state index contributed by atoms with van der Waals surface area (Å²) in [5.41, 5.74) is 1.11. The van der Waals surface area contributed by atoms with E-state index >= 15 is 0 Å². The van der Waals surface area contributed by atoms with Gasteiger partial charge < -0.3 is 0 Å². The molecule has 0 saturated carbocycles. The molecule has 0 aliphatic carbocycles. The smallest absolute Gasteiger partial charge is 0.291 e. The summed E-state index contributed by atoms with van der Waals surface area (Å²) >= 11 is 0. The highest BCUT2D eigenvalue weighted by atomic mass is 32.2. The normalized spacial score (nSPS) is 21.9. The molecule has 0 spiro atoms. The van der Waals surface area contributed by atoms with Crippen LogP contribution in [0.25, 0.3) is 0 Å². The van der Waals surface area contributed by atoms with E-state index in [-0.39, 0.29) is 11.6 Å². The van der Waals surface area contributed by atoms with Crippen LogP contribution in [0.1, 0.15) is 16.7 Å². The van der Waals surface area contributed by atoms with Crippen molar-refractivity contribution in [2.45, 2.75) is 24.8 Å². The van der Waals surface area contributed by atoms with E-state index in [4.69, 9.17) is 0 Å². The van der Waals surface area contributed by atoms with Crippen LogP contribution in [0.4, 0.5) is 18.9 Å². The van der Waals surface area contributed by atoms with Crippen LogP contribution in [0, 0.1) is 6.92 Å². The lowest BCUT2D eigenvalue weighted by Crippen LogP contribution is -2.29. The SMILES string of the molecule is Cc1ccc(N=C2N(C)C(=O)C(Cc3cccc(C(F)(F)F)c3)S2=O)cc1. The van der Waals surface area contributed by atoms with E-state index in [0.717, 1.165) is 17.7 Å². The maximum atomic E-state index is 12.9. The average Bonchev–Trinajstić information content (AvgIpc) is 2.81. The quantitative estimate of drug-likeness (QED) is 0.794. The van der Waals surface area contributed by atoms with Crippen molar-refractivity contribution < 1.29 is 22.2 Å². The van der Waals surface area contributed by atoms with Gasteiger partial charge in [-0.05, 0) is 37.1 Å². The molecule has 0 N–H and O–H groups in total. The first-order valence-corrected chi connectivity index (χ1v) is 9.38. The molecule has 4 nitrogen and oxygen atoms in total. The fraction of sp³-hybridized carbons (Fsp3) is 0.263. The molecule has 0 bridgehead atoms. The lowest BCUT2D eigenvalue weighted by Gasteiger charge is -2.10. The van der Waals surface area contributed by atoms with E-state index < -0.39 is 33.7 Å². The van der Waals surface area contributed by atoms with Crippen LogP contribution in [0.3, 0.4) is 0 Å². The van der Waals surface area contributed by atoms with Crippen LogP contribution in [0.15, 0.2) is 53.5 Å². The first-order chi connectivity index (χ1) is 12.7. The topological polar surface area (TPSA) is 49.7 Å². The number of aliphatic imine (C=N–C) groups is 1. The molecule has 2 aromatic carbocycles. The number of rotatable bonds is 3. The molecule has 1 heterocycles. The molecule has 1 aliphatic rings. The van der Waals surface area contributed by atoms with Gasteiger partial charge in [-0.15, -0.1) is 0 Å². The van der Waals surface area contributed by atoms with E-state index in [0.29, 0.717) is 11.3 Å². The van der Waals surface area contributed by atoms with Crippen molar-refractivity contribution in [3.63, 3.8) is 0 Å². The van der Waals surface area contributed by atoms with Crippen LogP contribution >= 0.6 is 0 Å². The van der Waals surface area contributed by atoms with Gasteiger partial charge in [-0.2, -0.15) is 13.2 Å². The van der Waals surface area contributed by atoms with Gasteiger partial charge in [0.25, 0.3) is 0 Å². The van der Waals surface area contributed by atoms with Gasteiger partial charge in [0.15, 0.2) is 0 Å². The van der Waals surface area contributed by atoms with Gasteiger partial charge in [0.05, 0.1) is 11.3 Å². The number of amides is 1. The van der Waals surface area contributed by atoms with Crippen LogP contribution < -0.4 is 0 Å². The molecule has 2 aromatic rings. The number of halogens is 3. The summed E-state index contributed by atoms with van der Waals surface area (Å²) in [4.78, 5) is 18.0. The monoisotopic (exact) mass is 394 g/mol. The van der Waals surface area contributed by atoms with E-state index in [9.17, 15) is 22.2 Å². The summed E-state index contributed by atoms with van der Waals surface area (Å²) in [6.07, 6.45) is -4.52. The Kier molecular flexibility index (Phi) is 5.19. The minimum atomic E-state index is -4.47. The maximum Gasteiger partial charge on any atom is 0.416 e. The third-order valence-electron chi connectivity index (χ3n) is 4.27. The summed E-state index contributed by atoms with van der Waals surface area (Å²) in [6.45, 7) is 1.92. The molecule has 0 radical (unpaired) electrons. The molecule has 1 amide bonds. The molecule has 3 rings (SSSR count). The fourth-order valence-electron chi connectivity index (χ4n) is 2.77. The number of nitrogens with zero attached hydrogens (tertiary/aromatic N) is 2. The average molecular weight is 394 g/mol. The Balaban J connectivity index is 1.86. The number of alkyl halides is 3. The first-order valence-electron chi connectivity index (χ1n) is 8.16. The number of amidine groups is 1. The Morgan fingerprint density at radius 1 is 1.15 bits per heavy atom. The van der Waals surface area contributed by atoms with Crippen molar-refractivity contribution in [1.82, 2.24) is 4.90 Å². The Bertz CT molecular complexity index is 923. The molecule has 27 heavy (non-hydrogen) atoms. The summed E-state index contributed by atoms with van der Waals surface area (Å²) in [6, 6.07) is 11.9. The lowest BCUT2D eigenvalue weighted by molar-refractivity contribution is -0.137. The van der Waals surface area contributed by atoms with Crippen LogP contribution in [-0.4, -0.2) is 32.5 Å². The summed E-state index contributed by atoms with van der Waals surface area (Å²) in [5.74, 6) is -0.420. The van der Waals surface area contributed by atoms with Gasteiger partial charge in [0.2, 0.25) is 11.1 Å². The predicted octanol–water partition coefficient (Wildman–Crippen LogP) is 3.83. The first kappa shape index (κ1) is 19.3. The fourth-order valence-corrected chi connectivity index (χ4v) is 4.26. The molecular formula is C19H17F3N2O2S. The number of benzene rings is 2. The van der Waals surface area contributed by atoms with Gasteiger partial charge >= 0.3 is 6.18 Å². The molecule has 1 saturated heterocycles. The van der Waals surface area contributed by atoms with Crippen molar-refractivity contribution in [3.05, 3.63) is 65.2 Å². The Labute approximate surface area is 157 Å². The Hall–Kier alpha value is -2.48. The molecule has 1 fully saturated rings. The highest BCUT2D eigenvalue weighted by Crippen LogP contribution is 2.30. The highest BCUT2D eigenvalue weighted by Gasteiger charge is 2.42. The molecular weight excluding hydrogens is 377 g/mol. The number of hydrogen-bond acceptors (Lipinski definition) is 3. The van der Waals surface area contributed by atoms with Crippen molar-refractivity contribution in [2.24, 2.45) is 4.99 Å². The van der Waals surface area contributed by atoms with Crippen molar-refractivity contribution in [2.75, 3.05) is 7.05 Å². The van der Waals surface area contributed by atoms with Gasteiger partial charge in [0, 0.05) is 7.05 Å². The van der Waals surface area contributed by atoms with Gasteiger partial charge in [-0.1, -0.05) is 35.9 Å². The molecule has 8 heteroatoms. The maximum absolute atomic E-state index is 12.9. The summed E-state index contributed by atoms with van der Waals surface area (Å²) in [7, 11) is -0.276. The second kappa shape index (κ2) is 7.26. The van der Waals surface area contributed by atoms with Crippen molar-refractivity contribution in [1.29, 1.82) is 0 Å². The number of carbonyl (C=O) groups is 1. The zero-order valence-corrected chi connectivity index (χ0v) is 15.5. The minimum Gasteiger partial charge on any atom is -0.291 e. The second-order valence-electron chi connectivity index (χ2n) is 6.32. The van der Waals surface area contributed by atoms with Gasteiger partial charge in [-0.25, -0.2) is 4.99 Å². The molecule has 2 unspecified atom stereocenters. The van der Waals surface area contributed by atoms with Crippen molar-refractivity contribution in [3.8, 4) is 0 Å². The zero-order valence-electron chi connectivity index (χ0n) is 14.7. The van der Waals surface area contributed by atoms with E-state index in [1.165, 1.54) is 24.1 Å². The molecule has 0 aromatic heterocycles. The second-order valence-corrected chi connectivity index (χ2v) is 7.84. The number of hydrogen-bond donors (Lipinski definition) is 0. The minimum absolute atomic E-state index is 0.0490. The van der Waals surface area contributed by atoms with Crippen LogP contribution in [0.2, 0.25) is 0 Å². The highest BCUT2D eigenvalue weighted by molar-refractivity contribution is 8.02. The standard InChI is InChI=1S/C19H17F3N2O2S/c1-12-6-8-15(9-7-12)23-18-24(2)17(25)16(27(18)26)11-13-4-3-5-14(10-13)19(20,21)22/h3-10,16H,11H2,1-2H3. The number of aryl methyl sites for hydroxylation is 1. The summed E-state index contributed by atoms with van der Waals surface area (Å²) < 4.78 is 51.4. The summed E-state index contributed by atoms with van der Waals surface area (Å²) in [5, 5.41) is -0.844. The third kappa shape index (κ3) is 4.10. The molecule has 2 atom stereocenters. The van der Waals surface area contributed by atoms with Crippen LogP contribution in [-0.2, 0) is 28.2 Å². The zero-order chi connectivity index (χ0) is 19.8. The number of carbonyl (C=O) groups excluding carboxylic acids is 1. The molecule has 142 valence electrons. The Morgan fingerprint density at radius 2 is 1.81 bits per heavy atom. The molecule has 1 aliphatic heterocycles. The van der Waals surface area contributed by atoms with Crippen molar-refractivity contribution >= 4 is 27.6 Å². The Morgan fingerprint density at radius 3 is 2.44 bits per heavy atom. The lowest BCUT2D eigenvalue weighted by atomic mass is 10.1. The van der Waals surface area contributed by atoms with E-state index in [2.05, 4.69) is 4.99 Å². The van der Waals surface area contributed by atoms with E-state index in [1.54, 1.807) is 12.1 Å². The van der Waals surface area contributed by atoms with Crippen LogP contribution in [0.5, 0.6) is 0 Å². The largest absolute Gasteiger partial charge is 0.416 e.